The van der Waals surface area contributed by atoms with Crippen LogP contribution in [0.2, 0.25) is 5.02 Å². The Bertz CT molecular complexity index is 1570. The molecular formula is C24H32ClN4O9PS. The molecule has 2 aromatic heterocycles. The number of methoxy groups -OCH3 is 1. The number of carbonyl (C=O) groups is 1. The number of nitrogens with zero attached hydrogens (tertiary/aromatic N) is 3. The number of primary amides is 1. The highest BCUT2D eigenvalue weighted by atomic mass is 35.5. The van der Waals surface area contributed by atoms with E-state index in [4.69, 9.17) is 40.4 Å². The van der Waals surface area contributed by atoms with Gasteiger partial charge in [-0.15, -0.1) is 5.10 Å². The topological polar surface area (TPSA) is 171 Å². The number of aromatic nitrogens is 3. The third-order valence-electron chi connectivity index (χ3n) is 4.73. The van der Waals surface area contributed by atoms with Crippen LogP contribution < -0.4 is 15.2 Å². The number of phosphoric ester groups is 1. The third kappa shape index (κ3) is 7.93. The lowest BCUT2D eigenvalue weighted by atomic mass is 10.1. The Morgan fingerprint density at radius 2 is 1.73 bits per heavy atom. The lowest BCUT2D eigenvalue weighted by molar-refractivity contribution is 0.000577. The standard InChI is InChI=1S/C24H32ClN4O9PS/c1-23(2,3)37-39(31,38-24(4,5)6)35-13-14-11-16(36-22(26)30)19(34-7)18(20(14)40(8,32)33)21-27-17-10-9-15(25)12-29(17)28-21/h9-12H,13H2,1-8H3,(H2,26,30). The minimum atomic E-state index is -4.29. The van der Waals surface area contributed by atoms with Gasteiger partial charge in [-0.3, -0.25) is 13.6 Å². The molecule has 220 valence electrons. The van der Waals surface area contributed by atoms with Gasteiger partial charge in [0.25, 0.3) is 0 Å². The van der Waals surface area contributed by atoms with Crippen molar-refractivity contribution in [1.82, 2.24) is 14.6 Å². The van der Waals surface area contributed by atoms with Crippen LogP contribution in [-0.2, 0) is 34.6 Å². The second kappa shape index (κ2) is 11.3. The predicted octanol–water partition coefficient (Wildman–Crippen LogP) is 5.17. The van der Waals surface area contributed by atoms with Gasteiger partial charge in [0.2, 0.25) is 0 Å². The van der Waals surface area contributed by atoms with E-state index in [0.717, 1.165) is 6.26 Å². The fourth-order valence-electron chi connectivity index (χ4n) is 3.65. The molecule has 13 nitrogen and oxygen atoms in total. The molecule has 1 amide bonds. The Hall–Kier alpha value is -2.74. The minimum Gasteiger partial charge on any atom is -0.492 e. The maximum Gasteiger partial charge on any atom is 0.476 e. The zero-order valence-electron chi connectivity index (χ0n) is 23.3. The van der Waals surface area contributed by atoms with E-state index < -0.39 is 41.6 Å². The summed E-state index contributed by atoms with van der Waals surface area (Å²) in [7, 11) is -7.14. The summed E-state index contributed by atoms with van der Waals surface area (Å²) in [6.07, 6.45) is 1.22. The normalized spacial score (nSPS) is 13.0. The summed E-state index contributed by atoms with van der Waals surface area (Å²) in [5.74, 6) is -0.544. The Morgan fingerprint density at radius 3 is 2.23 bits per heavy atom. The van der Waals surface area contributed by atoms with Gasteiger partial charge in [-0.25, -0.2) is 27.3 Å². The van der Waals surface area contributed by atoms with E-state index in [1.54, 1.807) is 53.7 Å². The van der Waals surface area contributed by atoms with Gasteiger partial charge in [-0.2, -0.15) is 0 Å². The zero-order chi connectivity index (χ0) is 30.3. The number of carbonyl (C=O) groups excluding carboxylic acids is 1. The molecule has 0 aliphatic carbocycles. The van der Waals surface area contributed by atoms with Crippen molar-refractivity contribution in [2.24, 2.45) is 5.73 Å². The van der Waals surface area contributed by atoms with E-state index in [9.17, 15) is 17.8 Å². The Labute approximate surface area is 237 Å². The average Bonchev–Trinajstić information content (AvgIpc) is 3.16. The zero-order valence-corrected chi connectivity index (χ0v) is 25.8. The summed E-state index contributed by atoms with van der Waals surface area (Å²) in [6.45, 7) is 9.32. The lowest BCUT2D eigenvalue weighted by Crippen LogP contribution is -2.24. The van der Waals surface area contributed by atoms with Crippen molar-refractivity contribution in [3.63, 3.8) is 0 Å². The number of rotatable bonds is 9. The monoisotopic (exact) mass is 618 g/mol. The highest BCUT2D eigenvalue weighted by Crippen LogP contribution is 2.56. The quantitative estimate of drug-likeness (QED) is 0.313. The van der Waals surface area contributed by atoms with Crippen molar-refractivity contribution in [3.05, 3.63) is 35.0 Å². The van der Waals surface area contributed by atoms with Gasteiger partial charge >= 0.3 is 13.9 Å². The molecule has 0 aliphatic rings. The lowest BCUT2D eigenvalue weighted by Gasteiger charge is -2.31. The van der Waals surface area contributed by atoms with E-state index in [2.05, 4.69) is 10.1 Å². The second-order valence-electron chi connectivity index (χ2n) is 10.7. The molecule has 0 unspecified atom stereocenters. The first-order valence-corrected chi connectivity index (χ1v) is 15.5. The SMILES string of the molecule is COc1c(OC(N)=O)cc(COP(=O)(OC(C)(C)C)OC(C)(C)C)c(S(C)(=O)=O)c1-c1nc2ccc(Cl)cn2n1. The molecule has 0 bridgehead atoms. The predicted molar refractivity (Wildman–Crippen MR) is 147 cm³/mol. The van der Waals surface area contributed by atoms with Crippen molar-refractivity contribution in [1.29, 1.82) is 0 Å². The van der Waals surface area contributed by atoms with Gasteiger partial charge in [0.1, 0.15) is 0 Å². The summed E-state index contributed by atoms with van der Waals surface area (Å²) < 4.78 is 69.1. The Kier molecular flexibility index (Phi) is 8.95. The van der Waals surface area contributed by atoms with Gasteiger partial charge in [0, 0.05) is 18.0 Å². The number of hydrogen-bond acceptors (Lipinski definition) is 11. The number of hydrogen-bond donors (Lipinski definition) is 1. The Balaban J connectivity index is 2.31. The van der Waals surface area contributed by atoms with Gasteiger partial charge in [0.15, 0.2) is 32.8 Å². The smallest absolute Gasteiger partial charge is 0.476 e. The maximum atomic E-state index is 13.7. The van der Waals surface area contributed by atoms with Gasteiger partial charge < -0.3 is 15.2 Å². The van der Waals surface area contributed by atoms with Crippen molar-refractivity contribution >= 4 is 41.0 Å². The summed E-state index contributed by atoms with van der Waals surface area (Å²) in [4.78, 5) is 15.8. The van der Waals surface area contributed by atoms with E-state index in [0.29, 0.717) is 10.7 Å². The fraction of sp³-hybridized carbons (Fsp3) is 0.458. The molecule has 0 radical (unpaired) electrons. The van der Waals surface area contributed by atoms with Crippen molar-refractivity contribution in [3.8, 4) is 22.9 Å². The number of ether oxygens (including phenoxy) is 2. The number of halogens is 1. The van der Waals surface area contributed by atoms with Gasteiger partial charge in [0.05, 0.1) is 40.4 Å². The van der Waals surface area contributed by atoms with E-state index in [-0.39, 0.29) is 33.3 Å². The number of fused-ring (bicyclic) bond motifs is 1. The average molecular weight is 619 g/mol. The van der Waals surface area contributed by atoms with Crippen molar-refractivity contribution < 1.29 is 40.8 Å². The van der Waals surface area contributed by atoms with Crippen LogP contribution in [-0.4, -0.2) is 53.7 Å². The van der Waals surface area contributed by atoms with E-state index >= 15 is 0 Å². The van der Waals surface area contributed by atoms with Crippen LogP contribution in [0.3, 0.4) is 0 Å². The van der Waals surface area contributed by atoms with Crippen LogP contribution in [0.1, 0.15) is 47.1 Å². The highest BCUT2D eigenvalue weighted by Gasteiger charge is 2.38. The van der Waals surface area contributed by atoms with Crippen LogP contribution in [0.25, 0.3) is 17.0 Å². The van der Waals surface area contributed by atoms with E-state index in [1.165, 1.54) is 23.9 Å². The molecule has 0 saturated heterocycles. The number of sulfone groups is 1. The number of pyridine rings is 1. The number of amides is 1. The van der Waals surface area contributed by atoms with Crippen LogP contribution in [0.5, 0.6) is 11.5 Å². The molecule has 0 saturated carbocycles. The number of benzene rings is 1. The second-order valence-corrected chi connectivity index (χ2v) is 14.6. The van der Waals surface area contributed by atoms with Gasteiger partial charge in [-0.05, 0) is 59.7 Å². The summed E-state index contributed by atoms with van der Waals surface area (Å²) in [5, 5.41) is 4.71. The van der Waals surface area contributed by atoms with Crippen LogP contribution in [0.4, 0.5) is 4.79 Å². The summed E-state index contributed by atoms with van der Waals surface area (Å²) >= 11 is 6.07. The highest BCUT2D eigenvalue weighted by molar-refractivity contribution is 7.91. The molecule has 16 heteroatoms. The fourth-order valence-corrected chi connectivity index (χ4v) is 6.74. The largest absolute Gasteiger partial charge is 0.492 e. The third-order valence-corrected chi connectivity index (χ3v) is 8.15. The molecule has 2 heterocycles. The first-order valence-electron chi connectivity index (χ1n) is 11.8. The summed E-state index contributed by atoms with van der Waals surface area (Å²) in [6, 6.07) is 4.33. The molecule has 3 aromatic rings. The molecule has 2 N–H and O–H groups in total. The molecule has 3 rings (SSSR count). The Morgan fingerprint density at radius 1 is 1.12 bits per heavy atom. The number of nitrogens with two attached hydrogens (primary N) is 1. The first kappa shape index (κ1) is 31.8. The maximum absolute atomic E-state index is 13.7. The molecule has 1 aromatic carbocycles. The van der Waals surface area contributed by atoms with Crippen LogP contribution in [0.15, 0.2) is 29.3 Å². The van der Waals surface area contributed by atoms with Crippen molar-refractivity contribution in [2.75, 3.05) is 13.4 Å². The molecule has 0 atom stereocenters. The molecule has 0 aliphatic heterocycles. The molecular weight excluding hydrogens is 587 g/mol. The number of phosphoric acid groups is 1. The minimum absolute atomic E-state index is 0.0818. The molecule has 0 fully saturated rings. The van der Waals surface area contributed by atoms with Crippen LogP contribution in [0, 0.1) is 0 Å². The first-order chi connectivity index (χ1) is 18.2. The van der Waals surface area contributed by atoms with Crippen molar-refractivity contribution in [2.45, 2.75) is 64.2 Å². The van der Waals surface area contributed by atoms with E-state index in [1.807, 2.05) is 0 Å². The van der Waals surface area contributed by atoms with Gasteiger partial charge in [-0.1, -0.05) is 11.6 Å². The molecule has 40 heavy (non-hydrogen) atoms. The molecule has 0 spiro atoms. The summed E-state index contributed by atoms with van der Waals surface area (Å²) in [5.41, 5.74) is 3.47. The van der Waals surface area contributed by atoms with Crippen LogP contribution >= 0.6 is 19.4 Å².